The van der Waals surface area contributed by atoms with Gasteiger partial charge in [0, 0.05) is 39.3 Å². The molecular formula is C17H13BrClN3O2S. The van der Waals surface area contributed by atoms with Gasteiger partial charge in [-0.25, -0.2) is 4.98 Å². The summed E-state index contributed by atoms with van der Waals surface area (Å²) in [6.45, 7) is -0.0717. The average Bonchev–Trinajstić information content (AvgIpc) is 3.00. The highest BCUT2D eigenvalue weighted by Gasteiger charge is 2.10. The van der Waals surface area contributed by atoms with Crippen molar-refractivity contribution in [3.63, 3.8) is 0 Å². The van der Waals surface area contributed by atoms with Crippen LogP contribution in [0.3, 0.4) is 0 Å². The maximum Gasteiger partial charge on any atom is 0.251 e. The van der Waals surface area contributed by atoms with E-state index in [1.807, 2.05) is 24.3 Å². The van der Waals surface area contributed by atoms with Crippen LogP contribution >= 0.6 is 38.9 Å². The zero-order valence-electron chi connectivity index (χ0n) is 12.9. The first-order valence-corrected chi connectivity index (χ1v) is 9.34. The molecule has 1 amide bonds. The van der Waals surface area contributed by atoms with Gasteiger partial charge < -0.3 is 9.88 Å². The number of halogens is 2. The SMILES string of the molecule is O=C(Cn1cc(Br)ccc1=O)Nc1ncc(Cc2ccccc2Cl)s1. The summed E-state index contributed by atoms with van der Waals surface area (Å²) in [6.07, 6.45) is 3.94. The Morgan fingerprint density at radius 1 is 1.28 bits per heavy atom. The number of pyridine rings is 1. The molecule has 25 heavy (non-hydrogen) atoms. The number of carbonyl (C=O) groups excluding carboxylic acids is 1. The molecule has 0 aliphatic rings. The number of carbonyl (C=O) groups is 1. The molecule has 8 heteroatoms. The molecule has 3 rings (SSSR count). The van der Waals surface area contributed by atoms with Gasteiger partial charge in [0.2, 0.25) is 5.91 Å². The molecule has 3 aromatic rings. The third kappa shape index (κ3) is 4.78. The molecule has 2 aromatic heterocycles. The van der Waals surface area contributed by atoms with Crippen LogP contribution in [0.5, 0.6) is 0 Å². The van der Waals surface area contributed by atoms with Crippen LogP contribution in [0.2, 0.25) is 5.02 Å². The Bertz CT molecular complexity index is 970. The van der Waals surface area contributed by atoms with Crippen molar-refractivity contribution < 1.29 is 4.79 Å². The van der Waals surface area contributed by atoms with Crippen molar-refractivity contribution in [2.75, 3.05) is 5.32 Å². The van der Waals surface area contributed by atoms with Crippen molar-refractivity contribution in [1.29, 1.82) is 0 Å². The largest absolute Gasteiger partial charge is 0.305 e. The summed E-state index contributed by atoms with van der Waals surface area (Å²) >= 11 is 10.8. The van der Waals surface area contributed by atoms with Crippen molar-refractivity contribution in [1.82, 2.24) is 9.55 Å². The number of aromatic nitrogens is 2. The van der Waals surface area contributed by atoms with E-state index < -0.39 is 0 Å². The average molecular weight is 439 g/mol. The lowest BCUT2D eigenvalue weighted by molar-refractivity contribution is -0.116. The van der Waals surface area contributed by atoms with Gasteiger partial charge in [-0.05, 0) is 33.6 Å². The topological polar surface area (TPSA) is 64.0 Å². The fraction of sp³-hybridized carbons (Fsp3) is 0.118. The Hall–Kier alpha value is -1.96. The number of thiazole rings is 1. The molecule has 0 unspecified atom stereocenters. The van der Waals surface area contributed by atoms with Crippen LogP contribution in [-0.2, 0) is 17.8 Å². The zero-order chi connectivity index (χ0) is 17.8. The molecule has 0 saturated heterocycles. The van der Waals surface area contributed by atoms with Crippen LogP contribution < -0.4 is 10.9 Å². The summed E-state index contributed by atoms with van der Waals surface area (Å²) in [6, 6.07) is 10.7. The van der Waals surface area contributed by atoms with Gasteiger partial charge in [0.05, 0.1) is 0 Å². The van der Waals surface area contributed by atoms with Gasteiger partial charge >= 0.3 is 0 Å². The predicted octanol–water partition coefficient (Wildman–Crippen LogP) is 3.95. The maximum atomic E-state index is 12.1. The molecule has 128 valence electrons. The predicted molar refractivity (Wildman–Crippen MR) is 103 cm³/mol. The lowest BCUT2D eigenvalue weighted by Crippen LogP contribution is -2.26. The second-order valence-corrected chi connectivity index (χ2v) is 7.70. The van der Waals surface area contributed by atoms with Crippen LogP contribution in [0, 0.1) is 0 Å². The summed E-state index contributed by atoms with van der Waals surface area (Å²) in [4.78, 5) is 29.1. The summed E-state index contributed by atoms with van der Waals surface area (Å²) in [5.41, 5.74) is 0.767. The van der Waals surface area contributed by atoms with Gasteiger partial charge in [-0.1, -0.05) is 29.8 Å². The molecule has 1 N–H and O–H groups in total. The van der Waals surface area contributed by atoms with E-state index in [4.69, 9.17) is 11.6 Å². The summed E-state index contributed by atoms with van der Waals surface area (Å²) in [5.74, 6) is -0.307. The highest BCUT2D eigenvalue weighted by molar-refractivity contribution is 9.10. The van der Waals surface area contributed by atoms with Crippen molar-refractivity contribution in [3.8, 4) is 0 Å². The van der Waals surface area contributed by atoms with Crippen LogP contribution in [0.1, 0.15) is 10.4 Å². The molecule has 0 radical (unpaired) electrons. The normalized spacial score (nSPS) is 10.6. The Morgan fingerprint density at radius 3 is 2.88 bits per heavy atom. The molecular weight excluding hydrogens is 426 g/mol. The first-order chi connectivity index (χ1) is 12.0. The highest BCUT2D eigenvalue weighted by Crippen LogP contribution is 2.24. The molecule has 0 atom stereocenters. The van der Waals surface area contributed by atoms with E-state index in [0.29, 0.717) is 16.6 Å². The minimum Gasteiger partial charge on any atom is -0.305 e. The monoisotopic (exact) mass is 437 g/mol. The van der Waals surface area contributed by atoms with Crippen LogP contribution in [0.4, 0.5) is 5.13 Å². The number of benzene rings is 1. The first kappa shape index (κ1) is 17.8. The van der Waals surface area contributed by atoms with Crippen molar-refractivity contribution in [2.24, 2.45) is 0 Å². The smallest absolute Gasteiger partial charge is 0.251 e. The molecule has 5 nitrogen and oxygen atoms in total. The van der Waals surface area contributed by atoms with Gasteiger partial charge in [0.25, 0.3) is 5.56 Å². The Morgan fingerprint density at radius 2 is 2.08 bits per heavy atom. The van der Waals surface area contributed by atoms with Gasteiger partial charge in [0.15, 0.2) is 5.13 Å². The number of nitrogens with zero attached hydrogens (tertiary/aromatic N) is 2. The number of hydrogen-bond acceptors (Lipinski definition) is 4. The quantitative estimate of drug-likeness (QED) is 0.656. The lowest BCUT2D eigenvalue weighted by Gasteiger charge is -2.05. The van der Waals surface area contributed by atoms with Crippen LogP contribution in [-0.4, -0.2) is 15.5 Å². The van der Waals surface area contributed by atoms with Gasteiger partial charge in [-0.2, -0.15) is 0 Å². The highest BCUT2D eigenvalue weighted by atomic mass is 79.9. The Kier molecular flexibility index (Phi) is 5.67. The summed E-state index contributed by atoms with van der Waals surface area (Å²) in [5, 5.41) is 3.92. The van der Waals surface area contributed by atoms with Gasteiger partial charge in [-0.15, -0.1) is 11.3 Å². The second kappa shape index (κ2) is 7.95. The minimum atomic E-state index is -0.307. The number of rotatable bonds is 5. The number of amides is 1. The van der Waals surface area contributed by atoms with E-state index >= 15 is 0 Å². The van der Waals surface area contributed by atoms with Gasteiger partial charge in [-0.3, -0.25) is 9.59 Å². The van der Waals surface area contributed by atoms with Crippen molar-refractivity contribution in [3.05, 3.63) is 79.1 Å². The molecule has 1 aromatic carbocycles. The zero-order valence-corrected chi connectivity index (χ0v) is 16.1. The maximum absolute atomic E-state index is 12.1. The molecule has 0 fully saturated rings. The molecule has 0 aliphatic carbocycles. The van der Waals surface area contributed by atoms with Crippen molar-refractivity contribution in [2.45, 2.75) is 13.0 Å². The minimum absolute atomic E-state index is 0.0717. The van der Waals surface area contributed by atoms with Crippen LogP contribution in [0.15, 0.2) is 58.1 Å². The molecule has 2 heterocycles. The second-order valence-electron chi connectivity index (χ2n) is 5.26. The van der Waals surface area contributed by atoms with E-state index in [1.165, 1.54) is 22.0 Å². The number of nitrogens with one attached hydrogen (secondary N) is 1. The fourth-order valence-corrected chi connectivity index (χ4v) is 3.65. The first-order valence-electron chi connectivity index (χ1n) is 7.35. The fourth-order valence-electron chi connectivity index (χ4n) is 2.22. The third-order valence-corrected chi connectivity index (χ3v) is 5.13. The Balaban J connectivity index is 1.65. The Labute approximate surface area is 161 Å². The standard InChI is InChI=1S/C17H13BrClN3O2S/c18-12-5-6-16(24)22(9-12)10-15(23)21-17-20-8-13(25-17)7-11-3-1-2-4-14(11)19/h1-6,8-9H,7,10H2,(H,20,21,23). The van der Waals surface area contributed by atoms with E-state index in [0.717, 1.165) is 14.9 Å². The summed E-state index contributed by atoms with van der Waals surface area (Å²) < 4.78 is 2.06. The van der Waals surface area contributed by atoms with E-state index in [-0.39, 0.29) is 18.0 Å². The van der Waals surface area contributed by atoms with E-state index in [2.05, 4.69) is 26.2 Å². The van der Waals surface area contributed by atoms with E-state index in [1.54, 1.807) is 18.5 Å². The van der Waals surface area contributed by atoms with Crippen LogP contribution in [0.25, 0.3) is 0 Å². The van der Waals surface area contributed by atoms with Gasteiger partial charge in [0.1, 0.15) is 6.54 Å². The lowest BCUT2D eigenvalue weighted by atomic mass is 10.1. The van der Waals surface area contributed by atoms with Crippen molar-refractivity contribution >= 4 is 49.9 Å². The number of anilines is 1. The molecule has 0 spiro atoms. The molecule has 0 bridgehead atoms. The van der Waals surface area contributed by atoms with E-state index in [9.17, 15) is 9.59 Å². The summed E-state index contributed by atoms with van der Waals surface area (Å²) in [7, 11) is 0. The molecule has 0 aliphatic heterocycles. The number of hydrogen-bond donors (Lipinski definition) is 1. The third-order valence-electron chi connectivity index (χ3n) is 3.38. The molecule has 0 saturated carbocycles.